The van der Waals surface area contributed by atoms with Crippen molar-refractivity contribution in [2.24, 2.45) is 0 Å². The third-order valence-corrected chi connectivity index (χ3v) is 4.05. The van der Waals surface area contributed by atoms with Crippen molar-refractivity contribution in [3.8, 4) is 0 Å². The summed E-state index contributed by atoms with van der Waals surface area (Å²) in [6, 6.07) is 0.873. The third-order valence-electron chi connectivity index (χ3n) is 4.05. The SMILES string of the molecule is CCC1CN(CCCCCNC2CC2)CCCO1. The molecule has 2 fully saturated rings. The molecule has 2 rings (SSSR count). The van der Waals surface area contributed by atoms with Gasteiger partial charge in [-0.25, -0.2) is 0 Å². The van der Waals surface area contributed by atoms with Crippen molar-refractivity contribution in [1.82, 2.24) is 10.2 Å². The molecule has 1 saturated heterocycles. The molecular weight excluding hydrogens is 224 g/mol. The van der Waals surface area contributed by atoms with E-state index in [-0.39, 0.29) is 0 Å². The summed E-state index contributed by atoms with van der Waals surface area (Å²) in [5.74, 6) is 0. The maximum absolute atomic E-state index is 5.81. The molecule has 106 valence electrons. The molecular formula is C15H30N2O. The van der Waals surface area contributed by atoms with E-state index in [1.165, 1.54) is 58.2 Å². The van der Waals surface area contributed by atoms with Crippen molar-refractivity contribution >= 4 is 0 Å². The maximum Gasteiger partial charge on any atom is 0.0699 e. The molecule has 1 heterocycles. The Kier molecular flexibility index (Phi) is 6.46. The van der Waals surface area contributed by atoms with Crippen LogP contribution < -0.4 is 5.32 Å². The summed E-state index contributed by atoms with van der Waals surface area (Å²) in [5, 5.41) is 3.59. The highest BCUT2D eigenvalue weighted by Crippen LogP contribution is 2.18. The van der Waals surface area contributed by atoms with E-state index in [0.717, 1.165) is 25.6 Å². The summed E-state index contributed by atoms with van der Waals surface area (Å²) >= 11 is 0. The van der Waals surface area contributed by atoms with Gasteiger partial charge < -0.3 is 15.0 Å². The Morgan fingerprint density at radius 1 is 1.22 bits per heavy atom. The highest BCUT2D eigenvalue weighted by Gasteiger charge is 2.19. The second-order valence-electron chi connectivity index (χ2n) is 5.84. The number of nitrogens with one attached hydrogen (secondary N) is 1. The topological polar surface area (TPSA) is 24.5 Å². The minimum absolute atomic E-state index is 0.476. The van der Waals surface area contributed by atoms with Gasteiger partial charge in [0.1, 0.15) is 0 Å². The van der Waals surface area contributed by atoms with E-state index < -0.39 is 0 Å². The normalized spacial score (nSPS) is 26.2. The zero-order valence-corrected chi connectivity index (χ0v) is 12.0. The molecule has 18 heavy (non-hydrogen) atoms. The fourth-order valence-electron chi connectivity index (χ4n) is 2.65. The predicted octanol–water partition coefficient (Wildman–Crippen LogP) is 2.41. The fraction of sp³-hybridized carbons (Fsp3) is 1.00. The molecule has 0 bridgehead atoms. The van der Waals surface area contributed by atoms with Gasteiger partial charge >= 0.3 is 0 Å². The monoisotopic (exact) mass is 254 g/mol. The van der Waals surface area contributed by atoms with Gasteiger partial charge in [0.2, 0.25) is 0 Å². The Hall–Kier alpha value is -0.120. The number of unbranched alkanes of at least 4 members (excludes halogenated alkanes) is 2. The predicted molar refractivity (Wildman–Crippen MR) is 76.0 cm³/mol. The molecule has 0 aromatic rings. The first-order valence-corrected chi connectivity index (χ1v) is 7.96. The Morgan fingerprint density at radius 3 is 2.89 bits per heavy atom. The number of rotatable bonds is 8. The number of hydrogen-bond donors (Lipinski definition) is 1. The van der Waals surface area contributed by atoms with Crippen LogP contribution in [-0.4, -0.2) is 49.8 Å². The van der Waals surface area contributed by atoms with E-state index in [1.54, 1.807) is 0 Å². The van der Waals surface area contributed by atoms with Crippen molar-refractivity contribution in [2.75, 3.05) is 32.8 Å². The lowest BCUT2D eigenvalue weighted by Crippen LogP contribution is -2.32. The summed E-state index contributed by atoms with van der Waals surface area (Å²) in [6.07, 6.45) is 9.72. The summed E-state index contributed by atoms with van der Waals surface area (Å²) in [7, 11) is 0. The van der Waals surface area contributed by atoms with Gasteiger partial charge in [-0.15, -0.1) is 0 Å². The van der Waals surface area contributed by atoms with Crippen molar-refractivity contribution < 1.29 is 4.74 Å². The second kappa shape index (κ2) is 8.13. The minimum atomic E-state index is 0.476. The summed E-state index contributed by atoms with van der Waals surface area (Å²) in [4.78, 5) is 2.61. The standard InChI is InChI=1S/C15H30N2O/c1-2-15-13-17(11-6-12-18-15)10-5-3-4-9-16-14-7-8-14/h14-16H,2-13H2,1H3. The van der Waals surface area contributed by atoms with E-state index in [9.17, 15) is 0 Å². The third kappa shape index (κ3) is 5.68. The lowest BCUT2D eigenvalue weighted by molar-refractivity contribution is 0.0517. The summed E-state index contributed by atoms with van der Waals surface area (Å²) in [6.45, 7) is 8.07. The largest absolute Gasteiger partial charge is 0.377 e. The molecule has 1 unspecified atom stereocenters. The van der Waals surface area contributed by atoms with Crippen molar-refractivity contribution in [1.29, 1.82) is 0 Å². The van der Waals surface area contributed by atoms with Gasteiger partial charge in [-0.2, -0.15) is 0 Å². The Bertz CT molecular complexity index is 219. The molecule has 3 nitrogen and oxygen atoms in total. The zero-order valence-electron chi connectivity index (χ0n) is 12.0. The molecule has 3 heteroatoms. The molecule has 1 N–H and O–H groups in total. The van der Waals surface area contributed by atoms with Gasteiger partial charge in [0.25, 0.3) is 0 Å². The highest BCUT2D eigenvalue weighted by atomic mass is 16.5. The summed E-state index contributed by atoms with van der Waals surface area (Å²) in [5.41, 5.74) is 0. The molecule has 0 aromatic carbocycles. The van der Waals surface area contributed by atoms with Gasteiger partial charge in [-0.05, 0) is 51.6 Å². The van der Waals surface area contributed by atoms with Gasteiger partial charge in [0.05, 0.1) is 6.10 Å². The van der Waals surface area contributed by atoms with Crippen LogP contribution in [0.15, 0.2) is 0 Å². The maximum atomic E-state index is 5.81. The van der Waals surface area contributed by atoms with E-state index >= 15 is 0 Å². The van der Waals surface area contributed by atoms with Crippen LogP contribution in [0.5, 0.6) is 0 Å². The van der Waals surface area contributed by atoms with Crippen LogP contribution in [0, 0.1) is 0 Å². The minimum Gasteiger partial charge on any atom is -0.377 e. The van der Waals surface area contributed by atoms with E-state index in [1.807, 2.05) is 0 Å². The van der Waals surface area contributed by atoms with Gasteiger partial charge in [-0.3, -0.25) is 0 Å². The molecule has 0 aromatic heterocycles. The average Bonchev–Trinajstić information content (AvgIpc) is 3.20. The van der Waals surface area contributed by atoms with Crippen LogP contribution in [0.1, 0.15) is 51.9 Å². The molecule has 1 saturated carbocycles. The van der Waals surface area contributed by atoms with Crippen LogP contribution in [-0.2, 0) is 4.74 Å². The van der Waals surface area contributed by atoms with Crippen LogP contribution in [0.25, 0.3) is 0 Å². The lowest BCUT2D eigenvalue weighted by atomic mass is 10.2. The van der Waals surface area contributed by atoms with Crippen LogP contribution >= 0.6 is 0 Å². The van der Waals surface area contributed by atoms with Crippen LogP contribution in [0.3, 0.4) is 0 Å². The quantitative estimate of drug-likeness (QED) is 0.673. The van der Waals surface area contributed by atoms with Gasteiger partial charge in [-0.1, -0.05) is 13.3 Å². The zero-order chi connectivity index (χ0) is 12.6. The number of hydrogen-bond acceptors (Lipinski definition) is 3. The molecule has 1 aliphatic heterocycles. The first kappa shape index (κ1) is 14.3. The second-order valence-corrected chi connectivity index (χ2v) is 5.84. The van der Waals surface area contributed by atoms with Crippen LogP contribution in [0.2, 0.25) is 0 Å². The Morgan fingerprint density at radius 2 is 2.11 bits per heavy atom. The van der Waals surface area contributed by atoms with Crippen molar-refractivity contribution in [3.63, 3.8) is 0 Å². The van der Waals surface area contributed by atoms with Gasteiger partial charge in [0.15, 0.2) is 0 Å². The highest BCUT2D eigenvalue weighted by molar-refractivity contribution is 4.80. The Balaban J connectivity index is 1.48. The molecule has 1 aliphatic carbocycles. The molecule has 0 amide bonds. The van der Waals surface area contributed by atoms with Gasteiger partial charge in [0, 0.05) is 25.7 Å². The number of nitrogens with zero attached hydrogens (tertiary/aromatic N) is 1. The number of ether oxygens (including phenoxy) is 1. The fourth-order valence-corrected chi connectivity index (χ4v) is 2.65. The first-order valence-electron chi connectivity index (χ1n) is 7.96. The molecule has 0 spiro atoms. The smallest absolute Gasteiger partial charge is 0.0699 e. The van der Waals surface area contributed by atoms with Crippen LogP contribution in [0.4, 0.5) is 0 Å². The first-order chi connectivity index (χ1) is 8.88. The molecule has 2 aliphatic rings. The van der Waals surface area contributed by atoms with E-state index in [4.69, 9.17) is 4.74 Å². The summed E-state index contributed by atoms with van der Waals surface area (Å²) < 4.78 is 5.81. The molecule has 0 radical (unpaired) electrons. The molecule has 1 atom stereocenters. The van der Waals surface area contributed by atoms with E-state index in [0.29, 0.717) is 6.10 Å². The van der Waals surface area contributed by atoms with Crippen molar-refractivity contribution in [2.45, 2.75) is 64.0 Å². The lowest BCUT2D eigenvalue weighted by Gasteiger charge is -2.22. The average molecular weight is 254 g/mol. The Labute approximate surface area is 112 Å². The van der Waals surface area contributed by atoms with Crippen molar-refractivity contribution in [3.05, 3.63) is 0 Å². The van der Waals surface area contributed by atoms with E-state index in [2.05, 4.69) is 17.1 Å².